The molecule has 6 heteroatoms. The van der Waals surface area contributed by atoms with E-state index in [1.54, 1.807) is 12.1 Å². The molecule has 3 saturated carbocycles. The third-order valence-electron chi connectivity index (χ3n) is 17.4. The van der Waals surface area contributed by atoms with Crippen molar-refractivity contribution in [2.24, 2.45) is 35.5 Å². The first kappa shape index (κ1) is 52.1. The Morgan fingerprint density at radius 2 is 0.958 bits per heavy atom. The number of ether oxygens (including phenoxy) is 2. The topological polar surface area (TPSA) is 64.6 Å². The smallest absolute Gasteiger partial charge is 0.196 e. The second kappa shape index (κ2) is 24.5. The van der Waals surface area contributed by atoms with E-state index in [0.29, 0.717) is 39.8 Å². The van der Waals surface area contributed by atoms with E-state index in [-0.39, 0.29) is 11.6 Å². The highest BCUT2D eigenvalue weighted by atomic mass is 32.2. The molecule has 5 aromatic rings. The number of anilines is 2. The van der Waals surface area contributed by atoms with Crippen molar-refractivity contribution in [3.8, 4) is 22.6 Å². The fourth-order valence-corrected chi connectivity index (χ4v) is 14.2. The summed E-state index contributed by atoms with van der Waals surface area (Å²) in [4.78, 5) is 30.7. The number of fused-ring (bicyclic) bond motifs is 2. The van der Waals surface area contributed by atoms with Gasteiger partial charge in [-0.15, -0.1) is 0 Å². The van der Waals surface area contributed by atoms with Crippen LogP contribution in [0.5, 0.6) is 11.5 Å². The van der Waals surface area contributed by atoms with Crippen molar-refractivity contribution in [1.29, 1.82) is 0 Å². The molecular weight excluding hydrogens is 903 g/mol. The molecule has 3 fully saturated rings. The first-order valence-electron chi connectivity index (χ1n) is 28.5. The SMILES string of the molecule is CCCCCC1CCC(COc2c(C)cc(-c3ccc(Sc4ccc(Nc5cc(C)c(OCC6CCC(C7CCC(CCCCC)CC7)CC6)c(C)c5)c5c4C(=O)c4ccccc4C5=O)cc3)cc2C)CC1. The highest BCUT2D eigenvalue weighted by molar-refractivity contribution is 7.99. The van der Waals surface area contributed by atoms with Crippen molar-refractivity contribution in [3.05, 3.63) is 129 Å². The maximum absolute atomic E-state index is 14.5. The molecule has 0 spiro atoms. The van der Waals surface area contributed by atoms with Gasteiger partial charge in [-0.3, -0.25) is 9.59 Å². The Bertz CT molecular complexity index is 2600. The van der Waals surface area contributed by atoms with Crippen molar-refractivity contribution in [3.63, 3.8) is 0 Å². The summed E-state index contributed by atoms with van der Waals surface area (Å²) in [5.74, 6) is 6.70. The molecule has 0 heterocycles. The maximum atomic E-state index is 14.5. The molecule has 4 aliphatic carbocycles. The van der Waals surface area contributed by atoms with Crippen LogP contribution in [0, 0.1) is 63.2 Å². The van der Waals surface area contributed by atoms with E-state index in [1.165, 1.54) is 140 Å². The van der Waals surface area contributed by atoms with Crippen LogP contribution in [-0.4, -0.2) is 24.8 Å². The number of unbranched alkanes of at least 4 members (excludes halogenated alkanes) is 4. The molecule has 0 unspecified atom stereocenters. The van der Waals surface area contributed by atoms with E-state index >= 15 is 0 Å². The van der Waals surface area contributed by atoms with Crippen LogP contribution in [0.1, 0.15) is 196 Å². The van der Waals surface area contributed by atoms with Crippen LogP contribution in [0.4, 0.5) is 11.4 Å². The fourth-order valence-electron chi connectivity index (χ4n) is 13.2. The van der Waals surface area contributed by atoms with Crippen molar-refractivity contribution in [2.75, 3.05) is 18.5 Å². The van der Waals surface area contributed by atoms with Crippen molar-refractivity contribution in [1.82, 2.24) is 0 Å². The number of hydrogen-bond acceptors (Lipinski definition) is 6. The first-order chi connectivity index (χ1) is 35.1. The van der Waals surface area contributed by atoms with Crippen LogP contribution in [0.3, 0.4) is 0 Å². The predicted octanol–water partition coefficient (Wildman–Crippen LogP) is 18.6. The standard InChI is InChI=1S/C66H83NO4S/c1-7-9-11-15-47-19-21-49(22-20-47)41-70-65-43(3)37-54(38-44(65)4)53-31-33-56(34-32-53)72-60-36-35-59(61-62(60)64(69)58-18-14-13-17-57(58)63(61)68)67-55-39-45(5)66(46(6)40-55)71-42-50-25-29-52(30-26-50)51-27-23-48(24-28-51)16-12-10-8-2/h13-14,17-18,31-40,47-52,67H,7-12,15-16,19-30,41-42H2,1-6H3. The summed E-state index contributed by atoms with van der Waals surface area (Å²) < 4.78 is 13.2. The monoisotopic (exact) mass is 986 g/mol. The van der Waals surface area contributed by atoms with Crippen LogP contribution >= 0.6 is 11.8 Å². The average Bonchev–Trinajstić information content (AvgIpc) is 3.39. The van der Waals surface area contributed by atoms with Crippen LogP contribution in [-0.2, 0) is 0 Å². The van der Waals surface area contributed by atoms with Gasteiger partial charge in [0, 0.05) is 32.2 Å². The first-order valence-corrected chi connectivity index (χ1v) is 29.3. The van der Waals surface area contributed by atoms with Gasteiger partial charge in [0.15, 0.2) is 11.6 Å². The Morgan fingerprint density at radius 1 is 0.500 bits per heavy atom. The van der Waals surface area contributed by atoms with Crippen LogP contribution in [0.15, 0.2) is 94.7 Å². The van der Waals surface area contributed by atoms with Gasteiger partial charge in [-0.1, -0.05) is 139 Å². The number of rotatable bonds is 20. The van der Waals surface area contributed by atoms with Gasteiger partial charge in [0.05, 0.1) is 24.5 Å². The maximum Gasteiger partial charge on any atom is 0.196 e. The Labute approximate surface area is 437 Å². The van der Waals surface area contributed by atoms with E-state index in [1.807, 2.05) is 24.3 Å². The highest BCUT2D eigenvalue weighted by Crippen LogP contribution is 2.45. The Kier molecular flexibility index (Phi) is 17.7. The molecule has 0 radical (unpaired) electrons. The van der Waals surface area contributed by atoms with Crippen LogP contribution in [0.2, 0.25) is 0 Å². The van der Waals surface area contributed by atoms with Gasteiger partial charge in [-0.25, -0.2) is 0 Å². The molecule has 4 aliphatic rings. The second-order valence-electron chi connectivity index (χ2n) is 22.8. The van der Waals surface area contributed by atoms with Gasteiger partial charge in [-0.05, 0) is 196 Å². The third-order valence-corrected chi connectivity index (χ3v) is 18.5. The van der Waals surface area contributed by atoms with E-state index in [2.05, 4.69) is 95.4 Å². The van der Waals surface area contributed by atoms with Gasteiger partial charge in [0.2, 0.25) is 0 Å². The lowest BCUT2D eigenvalue weighted by molar-refractivity contribution is 0.0977. The number of carbonyl (C=O) groups excluding carboxylic acids is 2. The average molecular weight is 986 g/mol. The zero-order valence-corrected chi connectivity index (χ0v) is 45.5. The molecule has 0 saturated heterocycles. The summed E-state index contributed by atoms with van der Waals surface area (Å²) in [7, 11) is 0. The van der Waals surface area contributed by atoms with Crippen molar-refractivity contribution < 1.29 is 19.1 Å². The van der Waals surface area contributed by atoms with Crippen LogP contribution < -0.4 is 14.8 Å². The molecule has 0 aromatic heterocycles. The Hall–Kier alpha value is -4.81. The summed E-state index contributed by atoms with van der Waals surface area (Å²) in [6.45, 7) is 14.7. The number of nitrogens with one attached hydrogen (secondary N) is 1. The minimum atomic E-state index is -0.137. The molecule has 1 N–H and O–H groups in total. The molecule has 0 atom stereocenters. The summed E-state index contributed by atoms with van der Waals surface area (Å²) in [6.07, 6.45) is 27.4. The van der Waals surface area contributed by atoms with E-state index in [9.17, 15) is 9.59 Å². The molecular formula is C66H83NO4S. The summed E-state index contributed by atoms with van der Waals surface area (Å²) in [5.41, 5.74) is 10.0. The zero-order valence-electron chi connectivity index (χ0n) is 44.6. The second-order valence-corrected chi connectivity index (χ2v) is 23.9. The minimum absolute atomic E-state index is 0.123. The quantitative estimate of drug-likeness (QED) is 0.0769. The lowest BCUT2D eigenvalue weighted by atomic mass is 9.69. The Morgan fingerprint density at radius 3 is 1.47 bits per heavy atom. The fraction of sp³-hybridized carbons (Fsp3) is 0.515. The number of benzene rings is 5. The molecule has 382 valence electrons. The Balaban J connectivity index is 0.839. The minimum Gasteiger partial charge on any atom is -0.493 e. The van der Waals surface area contributed by atoms with Crippen molar-refractivity contribution >= 4 is 34.7 Å². The lowest BCUT2D eigenvalue weighted by Gasteiger charge is -2.38. The number of ketones is 2. The molecule has 72 heavy (non-hydrogen) atoms. The van der Waals surface area contributed by atoms with Gasteiger partial charge < -0.3 is 14.8 Å². The van der Waals surface area contributed by atoms with Crippen molar-refractivity contribution in [2.45, 2.75) is 180 Å². The molecule has 0 bridgehead atoms. The summed E-state index contributed by atoms with van der Waals surface area (Å²) >= 11 is 1.53. The van der Waals surface area contributed by atoms with E-state index < -0.39 is 0 Å². The molecule has 5 nitrogen and oxygen atoms in total. The molecule has 5 aromatic carbocycles. The molecule has 0 amide bonds. The van der Waals surface area contributed by atoms with E-state index in [0.717, 1.165) is 97.2 Å². The molecule has 0 aliphatic heterocycles. The van der Waals surface area contributed by atoms with Gasteiger partial charge in [0.1, 0.15) is 11.5 Å². The largest absolute Gasteiger partial charge is 0.493 e. The van der Waals surface area contributed by atoms with Gasteiger partial charge >= 0.3 is 0 Å². The predicted molar refractivity (Wildman–Crippen MR) is 300 cm³/mol. The van der Waals surface area contributed by atoms with Crippen LogP contribution in [0.25, 0.3) is 11.1 Å². The highest BCUT2D eigenvalue weighted by Gasteiger charge is 2.35. The number of carbonyl (C=O) groups is 2. The van der Waals surface area contributed by atoms with Gasteiger partial charge in [-0.2, -0.15) is 0 Å². The molecule has 9 rings (SSSR count). The van der Waals surface area contributed by atoms with Gasteiger partial charge in [0.25, 0.3) is 0 Å². The number of aryl methyl sites for hydroxylation is 4. The normalized spacial score (nSPS) is 22.0. The lowest BCUT2D eigenvalue weighted by Crippen LogP contribution is -2.27. The van der Waals surface area contributed by atoms with E-state index in [4.69, 9.17) is 9.47 Å². The third kappa shape index (κ3) is 12.4. The summed E-state index contributed by atoms with van der Waals surface area (Å²) in [6, 6.07) is 28.5. The number of hydrogen-bond donors (Lipinski definition) is 1. The summed E-state index contributed by atoms with van der Waals surface area (Å²) in [5, 5.41) is 3.60. The zero-order chi connectivity index (χ0) is 50.1.